The third kappa shape index (κ3) is 6.48. The van der Waals surface area contributed by atoms with E-state index in [1.165, 1.54) is 71.4 Å². The van der Waals surface area contributed by atoms with Crippen LogP contribution in [-0.4, -0.2) is 4.98 Å². The molecule has 61 heavy (non-hydrogen) atoms. The van der Waals surface area contributed by atoms with Crippen LogP contribution in [0.2, 0.25) is 0 Å². The normalized spacial score (nSPS) is 18.4. The Bertz CT molecular complexity index is 3170. The largest absolute Gasteiger partial charge is 0.309 e. The monoisotopic (exact) mass is 805 g/mol. The molecule has 2 nitrogen and oxygen atoms in total. The molecule has 3 aliphatic carbocycles. The maximum absolute atomic E-state index is 15.4. The van der Waals surface area contributed by atoms with Gasteiger partial charge in [0.15, 0.2) is 7.14 Å². The second-order valence-electron chi connectivity index (χ2n) is 17.1. The minimum atomic E-state index is -2.91. The molecule has 0 N–H and O–H groups in total. The summed E-state index contributed by atoms with van der Waals surface area (Å²) in [5, 5.41) is 10.7. The molecule has 11 rings (SSSR count). The fourth-order valence-corrected chi connectivity index (χ4v) is 13.9. The molecule has 3 atom stereocenters. The average Bonchev–Trinajstić information content (AvgIpc) is 3.33. The first-order chi connectivity index (χ1) is 30.1. The molecule has 0 fully saturated rings. The standard InChI is InChI=1S/C58H48NOP/c1-39-37-46(61(60,44-19-7-3-8-20-44)45-21-9-4-10-22-45)34-36-47(39)43-33-35-52-54(38-43)57(40-17-5-2-6-18-40)51-26-13-12-25-50(51)56(52)41-29-31-42(32-30-41)58-53-27-14-11-23-48(53)49-24-15-16-28-55(49)59-58/h2-9,11-15,17-21,23-27,29-35,38-39,47H,10,16,22,28,36-37H2,1H3. The summed E-state index contributed by atoms with van der Waals surface area (Å²) in [6.07, 6.45) is 18.8. The van der Waals surface area contributed by atoms with E-state index in [0.29, 0.717) is 11.8 Å². The molecule has 0 radical (unpaired) electrons. The van der Waals surface area contributed by atoms with E-state index >= 15 is 4.57 Å². The Morgan fingerprint density at radius 2 is 1.20 bits per heavy atom. The molecule has 1 heterocycles. The number of allylic oxidation sites excluding steroid dienone is 7. The van der Waals surface area contributed by atoms with E-state index in [4.69, 9.17) is 4.98 Å². The number of pyridine rings is 1. The van der Waals surface area contributed by atoms with Crippen LogP contribution in [0.5, 0.6) is 0 Å². The summed E-state index contributed by atoms with van der Waals surface area (Å²) in [5.74, 6) is 0.635. The molecule has 0 amide bonds. The van der Waals surface area contributed by atoms with Gasteiger partial charge >= 0.3 is 0 Å². The van der Waals surface area contributed by atoms with Gasteiger partial charge in [0.05, 0.1) is 5.69 Å². The lowest BCUT2D eigenvalue weighted by Gasteiger charge is -2.34. The first-order valence-electron chi connectivity index (χ1n) is 22.0. The zero-order chi connectivity index (χ0) is 40.9. The molecular weight excluding hydrogens is 758 g/mol. The number of hydrogen-bond donors (Lipinski definition) is 0. The zero-order valence-electron chi connectivity index (χ0n) is 34.6. The van der Waals surface area contributed by atoms with Gasteiger partial charge in [-0.25, -0.2) is 0 Å². The first-order valence-corrected chi connectivity index (χ1v) is 23.7. The molecule has 0 spiro atoms. The van der Waals surface area contributed by atoms with Crippen LogP contribution in [0.15, 0.2) is 193 Å². The minimum Gasteiger partial charge on any atom is -0.309 e. The van der Waals surface area contributed by atoms with Crippen LogP contribution >= 0.6 is 7.14 Å². The Morgan fingerprint density at radius 1 is 0.574 bits per heavy atom. The SMILES string of the molecule is CC1CC(P(=O)(C2=CC=CCC2)c2ccccc2)=CCC1c1ccc2c(-c3ccc(-c4nc5c(c6ccccc46)C=CCC5)cc3)c3ccccc3c(-c3ccccc3)c2c1. The van der Waals surface area contributed by atoms with E-state index in [-0.39, 0.29) is 0 Å². The number of benzene rings is 7. The fraction of sp³-hybridized carbons (Fsp3) is 0.155. The third-order valence-electron chi connectivity index (χ3n) is 13.6. The van der Waals surface area contributed by atoms with E-state index < -0.39 is 7.14 Å². The van der Waals surface area contributed by atoms with E-state index in [9.17, 15) is 0 Å². The number of nitrogens with zero attached hydrogens (tertiary/aromatic N) is 1. The fourth-order valence-electron chi connectivity index (χ4n) is 10.6. The molecule has 1 aromatic heterocycles. The van der Waals surface area contributed by atoms with Crippen molar-refractivity contribution < 1.29 is 4.57 Å². The van der Waals surface area contributed by atoms with Gasteiger partial charge in [0.2, 0.25) is 0 Å². The molecule has 3 aliphatic rings. The van der Waals surface area contributed by atoms with Crippen LogP contribution in [0.4, 0.5) is 0 Å². The Balaban J connectivity index is 1.04. The molecule has 0 aliphatic heterocycles. The van der Waals surface area contributed by atoms with Crippen LogP contribution in [-0.2, 0) is 11.0 Å². The molecule has 0 saturated carbocycles. The predicted octanol–water partition coefficient (Wildman–Crippen LogP) is 15.8. The highest BCUT2D eigenvalue weighted by atomic mass is 31.2. The lowest BCUT2D eigenvalue weighted by atomic mass is 9.78. The smallest absolute Gasteiger partial charge is 0.163 e. The number of fused-ring (bicyclic) bond motifs is 5. The quantitative estimate of drug-likeness (QED) is 0.119. The van der Waals surface area contributed by atoms with Crippen molar-refractivity contribution in [3.8, 4) is 33.5 Å². The van der Waals surface area contributed by atoms with Crippen LogP contribution in [0.1, 0.15) is 61.8 Å². The Labute approximate surface area is 359 Å². The van der Waals surface area contributed by atoms with Crippen LogP contribution < -0.4 is 5.30 Å². The first kappa shape index (κ1) is 37.6. The van der Waals surface area contributed by atoms with E-state index in [0.717, 1.165) is 65.7 Å². The van der Waals surface area contributed by atoms with Gasteiger partial charge < -0.3 is 4.57 Å². The lowest BCUT2D eigenvalue weighted by molar-refractivity contribution is 0.443. The van der Waals surface area contributed by atoms with Crippen molar-refractivity contribution in [3.05, 3.63) is 209 Å². The van der Waals surface area contributed by atoms with Gasteiger partial charge in [0.1, 0.15) is 0 Å². The van der Waals surface area contributed by atoms with Crippen LogP contribution in [0.25, 0.3) is 71.9 Å². The number of aryl methyl sites for hydroxylation is 1. The van der Waals surface area contributed by atoms with Gasteiger partial charge in [-0.2, -0.15) is 0 Å². The van der Waals surface area contributed by atoms with Gasteiger partial charge in [-0.05, 0) is 116 Å². The molecule has 3 unspecified atom stereocenters. The third-order valence-corrected chi connectivity index (χ3v) is 17.0. The molecule has 8 aromatic rings. The summed E-state index contributed by atoms with van der Waals surface area (Å²) in [4.78, 5) is 5.30. The van der Waals surface area contributed by atoms with Crippen LogP contribution in [0.3, 0.4) is 0 Å². The Morgan fingerprint density at radius 3 is 1.92 bits per heavy atom. The Kier molecular flexibility index (Phi) is 9.63. The number of rotatable bonds is 7. The highest BCUT2D eigenvalue weighted by molar-refractivity contribution is 7.79. The van der Waals surface area contributed by atoms with Crippen molar-refractivity contribution in [2.75, 3.05) is 0 Å². The summed E-state index contributed by atoms with van der Waals surface area (Å²) in [7, 11) is -2.91. The summed E-state index contributed by atoms with van der Waals surface area (Å²) in [6.45, 7) is 2.37. The maximum Gasteiger partial charge on any atom is 0.163 e. The van der Waals surface area contributed by atoms with Crippen molar-refractivity contribution >= 4 is 50.8 Å². The summed E-state index contributed by atoms with van der Waals surface area (Å²) < 4.78 is 15.4. The number of aromatic nitrogens is 1. The maximum atomic E-state index is 15.4. The van der Waals surface area contributed by atoms with E-state index in [2.05, 4.69) is 177 Å². The van der Waals surface area contributed by atoms with Gasteiger partial charge in [-0.15, -0.1) is 0 Å². The number of hydrogen-bond acceptors (Lipinski definition) is 2. The second kappa shape index (κ2) is 15.6. The zero-order valence-corrected chi connectivity index (χ0v) is 35.5. The Hall–Kier alpha value is -6.34. The predicted molar refractivity (Wildman–Crippen MR) is 260 cm³/mol. The van der Waals surface area contributed by atoms with E-state index in [1.54, 1.807) is 0 Å². The van der Waals surface area contributed by atoms with Gasteiger partial charge in [0.25, 0.3) is 0 Å². The van der Waals surface area contributed by atoms with Crippen molar-refractivity contribution in [2.45, 2.75) is 51.4 Å². The van der Waals surface area contributed by atoms with E-state index in [1.807, 2.05) is 18.2 Å². The highest BCUT2D eigenvalue weighted by Crippen LogP contribution is 2.65. The summed E-state index contributed by atoms with van der Waals surface area (Å²) >= 11 is 0. The molecule has 7 aromatic carbocycles. The van der Waals surface area contributed by atoms with Gasteiger partial charge in [-0.3, -0.25) is 4.98 Å². The average molecular weight is 806 g/mol. The second-order valence-corrected chi connectivity index (χ2v) is 20.0. The van der Waals surface area contributed by atoms with Crippen molar-refractivity contribution in [1.29, 1.82) is 0 Å². The molecular formula is C58H48NOP. The lowest BCUT2D eigenvalue weighted by Crippen LogP contribution is -2.18. The minimum absolute atomic E-state index is 0.310. The summed E-state index contributed by atoms with van der Waals surface area (Å²) in [5.41, 5.74) is 10.9. The highest BCUT2D eigenvalue weighted by Gasteiger charge is 2.38. The molecule has 3 heteroatoms. The van der Waals surface area contributed by atoms with Crippen molar-refractivity contribution in [1.82, 2.24) is 4.98 Å². The van der Waals surface area contributed by atoms with Gasteiger partial charge in [0, 0.05) is 27.5 Å². The van der Waals surface area contributed by atoms with Crippen molar-refractivity contribution in [2.24, 2.45) is 5.92 Å². The van der Waals surface area contributed by atoms with Crippen molar-refractivity contribution in [3.63, 3.8) is 0 Å². The summed E-state index contributed by atoms with van der Waals surface area (Å²) in [6, 6.07) is 55.3. The van der Waals surface area contributed by atoms with Gasteiger partial charge in [-0.1, -0.05) is 195 Å². The topological polar surface area (TPSA) is 30.0 Å². The molecule has 0 bridgehead atoms. The molecule has 296 valence electrons. The molecule has 0 saturated heterocycles. The van der Waals surface area contributed by atoms with Crippen LogP contribution in [0, 0.1) is 5.92 Å².